The van der Waals surface area contributed by atoms with E-state index in [1.165, 1.54) is 4.68 Å². The van der Waals surface area contributed by atoms with Crippen molar-refractivity contribution in [2.75, 3.05) is 18.0 Å². The number of aromatic nitrogens is 4. The fourth-order valence-electron chi connectivity index (χ4n) is 4.47. The molecule has 162 valence electrons. The number of phenols is 1. The van der Waals surface area contributed by atoms with Gasteiger partial charge in [-0.15, -0.1) is 0 Å². The van der Waals surface area contributed by atoms with Gasteiger partial charge in [0.1, 0.15) is 5.52 Å². The van der Waals surface area contributed by atoms with E-state index >= 15 is 0 Å². The van der Waals surface area contributed by atoms with Crippen molar-refractivity contribution in [1.82, 2.24) is 25.1 Å². The number of aryl methyl sites for hydroxylation is 1. The zero-order valence-corrected chi connectivity index (χ0v) is 18.0. The van der Waals surface area contributed by atoms with Crippen LogP contribution in [-0.2, 0) is 7.05 Å². The van der Waals surface area contributed by atoms with Gasteiger partial charge in [-0.1, -0.05) is 0 Å². The Hall–Kier alpha value is -3.77. The molecule has 0 saturated carbocycles. The Morgan fingerprint density at radius 3 is 2.69 bits per heavy atom. The summed E-state index contributed by atoms with van der Waals surface area (Å²) < 4.78 is 16.2. The smallest absolute Gasteiger partial charge is 0.193 e. The van der Waals surface area contributed by atoms with Gasteiger partial charge in [0.2, 0.25) is 0 Å². The Kier molecular flexibility index (Phi) is 4.68. The van der Waals surface area contributed by atoms with Crippen LogP contribution in [0.25, 0.3) is 33.2 Å². The number of nitrogens with one attached hydrogen (secondary N) is 1. The van der Waals surface area contributed by atoms with Crippen LogP contribution in [0.2, 0.25) is 0 Å². The van der Waals surface area contributed by atoms with E-state index in [2.05, 4.69) is 45.2 Å². The van der Waals surface area contributed by atoms with Crippen LogP contribution in [0.4, 0.5) is 10.1 Å². The zero-order valence-electron chi connectivity index (χ0n) is 18.0. The minimum Gasteiger partial charge on any atom is -0.504 e. The van der Waals surface area contributed by atoms with Crippen molar-refractivity contribution in [1.29, 1.82) is 5.26 Å². The third kappa shape index (κ3) is 3.29. The maximum Gasteiger partial charge on any atom is 0.193 e. The number of piperazine rings is 1. The average molecular weight is 431 g/mol. The van der Waals surface area contributed by atoms with Gasteiger partial charge in [0, 0.05) is 54.8 Å². The minimum atomic E-state index is -0.816. The highest BCUT2D eigenvalue weighted by molar-refractivity contribution is 5.91. The lowest BCUT2D eigenvalue weighted by Crippen LogP contribution is -2.54. The topological polar surface area (TPSA) is 103 Å². The van der Waals surface area contributed by atoms with Crippen molar-refractivity contribution in [2.45, 2.75) is 25.9 Å². The summed E-state index contributed by atoms with van der Waals surface area (Å²) >= 11 is 0. The number of halogens is 1. The molecular formula is C23H22FN7O. The summed E-state index contributed by atoms with van der Waals surface area (Å²) in [5, 5.41) is 29.0. The van der Waals surface area contributed by atoms with Gasteiger partial charge in [0.05, 0.1) is 29.2 Å². The second kappa shape index (κ2) is 7.43. The molecule has 9 heteroatoms. The summed E-state index contributed by atoms with van der Waals surface area (Å²) in [6.45, 7) is 5.94. The summed E-state index contributed by atoms with van der Waals surface area (Å²) in [6.07, 6.45) is 3.41. The van der Waals surface area contributed by atoms with Crippen LogP contribution in [0.15, 0.2) is 30.6 Å². The lowest BCUT2D eigenvalue weighted by atomic mass is 10.0. The molecule has 3 aromatic heterocycles. The van der Waals surface area contributed by atoms with E-state index in [-0.39, 0.29) is 16.8 Å². The standard InChI is InChI=1S/C23H22FN7O/c1-12-9-31(10-13(2)27-12)16-6-17-14(7-25)5-19(28-23(17)26-8-16)18-4-15-11-30(3)29-21(15)20(24)22(18)32/h4-6,8,11-13,27,32H,9-10H2,1-3H3. The highest BCUT2D eigenvalue weighted by Crippen LogP contribution is 2.37. The maximum atomic E-state index is 14.7. The van der Waals surface area contributed by atoms with Gasteiger partial charge in [0.15, 0.2) is 17.2 Å². The monoisotopic (exact) mass is 431 g/mol. The third-order valence-electron chi connectivity index (χ3n) is 5.80. The molecule has 8 nitrogen and oxygen atoms in total. The predicted octanol–water partition coefficient (Wildman–Crippen LogP) is 3.09. The lowest BCUT2D eigenvalue weighted by Gasteiger charge is -2.37. The summed E-state index contributed by atoms with van der Waals surface area (Å²) in [7, 11) is 1.68. The third-order valence-corrected chi connectivity index (χ3v) is 5.80. The van der Waals surface area contributed by atoms with Crippen LogP contribution in [-0.4, -0.2) is 50.0 Å². The van der Waals surface area contributed by atoms with Crippen LogP contribution >= 0.6 is 0 Å². The van der Waals surface area contributed by atoms with E-state index in [9.17, 15) is 14.8 Å². The van der Waals surface area contributed by atoms with E-state index in [4.69, 9.17) is 0 Å². The molecule has 0 amide bonds. The van der Waals surface area contributed by atoms with Gasteiger partial charge in [0.25, 0.3) is 0 Å². The van der Waals surface area contributed by atoms with E-state index < -0.39 is 11.6 Å². The SMILES string of the molecule is CC1CN(c2cnc3nc(-c4cc5cn(C)nc5c(F)c4O)cc(C#N)c3c2)CC(C)N1. The highest BCUT2D eigenvalue weighted by atomic mass is 19.1. The number of hydrogen-bond donors (Lipinski definition) is 2. The van der Waals surface area contributed by atoms with Gasteiger partial charge < -0.3 is 15.3 Å². The fraction of sp³-hybridized carbons (Fsp3) is 0.304. The number of aromatic hydroxyl groups is 1. The van der Waals surface area contributed by atoms with Crippen molar-refractivity contribution in [3.05, 3.63) is 42.0 Å². The Morgan fingerprint density at radius 2 is 1.97 bits per heavy atom. The second-order valence-corrected chi connectivity index (χ2v) is 8.43. The van der Waals surface area contributed by atoms with Gasteiger partial charge >= 0.3 is 0 Å². The molecule has 0 spiro atoms. The molecule has 2 atom stereocenters. The summed E-state index contributed by atoms with van der Waals surface area (Å²) in [6, 6.07) is 7.98. The molecule has 4 heterocycles. The van der Waals surface area contributed by atoms with Crippen LogP contribution in [0, 0.1) is 17.1 Å². The van der Waals surface area contributed by atoms with E-state index in [0.717, 1.165) is 18.8 Å². The quantitative estimate of drug-likeness (QED) is 0.503. The Bertz CT molecular complexity index is 1400. The Labute approximate surface area is 183 Å². The number of anilines is 1. The number of nitriles is 1. The van der Waals surface area contributed by atoms with Crippen molar-refractivity contribution in [3.63, 3.8) is 0 Å². The second-order valence-electron chi connectivity index (χ2n) is 8.43. The van der Waals surface area contributed by atoms with Crippen molar-refractivity contribution in [2.24, 2.45) is 7.05 Å². The molecule has 0 radical (unpaired) electrons. The molecule has 0 bridgehead atoms. The molecule has 4 aromatic rings. The van der Waals surface area contributed by atoms with Crippen LogP contribution in [0.1, 0.15) is 19.4 Å². The number of rotatable bonds is 2. The fourth-order valence-corrected chi connectivity index (χ4v) is 4.47. The number of fused-ring (bicyclic) bond motifs is 2. The van der Waals surface area contributed by atoms with Crippen molar-refractivity contribution >= 4 is 27.6 Å². The van der Waals surface area contributed by atoms with E-state index in [1.807, 2.05) is 6.07 Å². The van der Waals surface area contributed by atoms with Crippen LogP contribution < -0.4 is 10.2 Å². The van der Waals surface area contributed by atoms with Crippen LogP contribution in [0.3, 0.4) is 0 Å². The highest BCUT2D eigenvalue weighted by Gasteiger charge is 2.23. The number of benzene rings is 1. The molecule has 32 heavy (non-hydrogen) atoms. The average Bonchev–Trinajstić information content (AvgIpc) is 3.15. The van der Waals surface area contributed by atoms with Crippen LogP contribution in [0.5, 0.6) is 5.75 Å². The lowest BCUT2D eigenvalue weighted by molar-refractivity contribution is 0.407. The van der Waals surface area contributed by atoms with Gasteiger partial charge in [-0.3, -0.25) is 4.68 Å². The first-order valence-electron chi connectivity index (χ1n) is 10.4. The van der Waals surface area contributed by atoms with E-state index in [1.54, 1.807) is 31.6 Å². The number of nitrogens with zero attached hydrogens (tertiary/aromatic N) is 6. The first kappa shape index (κ1) is 20.2. The normalized spacial score (nSPS) is 18.9. The van der Waals surface area contributed by atoms with Crippen molar-refractivity contribution < 1.29 is 9.50 Å². The first-order valence-corrected chi connectivity index (χ1v) is 10.4. The summed E-state index contributed by atoms with van der Waals surface area (Å²) in [5.74, 6) is -1.36. The van der Waals surface area contributed by atoms with Gasteiger partial charge in [-0.2, -0.15) is 10.4 Å². The van der Waals surface area contributed by atoms with Gasteiger partial charge in [-0.25, -0.2) is 14.4 Å². The maximum absolute atomic E-state index is 14.7. The van der Waals surface area contributed by atoms with Crippen molar-refractivity contribution in [3.8, 4) is 23.1 Å². The number of hydrogen-bond acceptors (Lipinski definition) is 7. The van der Waals surface area contributed by atoms with E-state index in [0.29, 0.717) is 34.1 Å². The number of pyridine rings is 2. The molecule has 1 fully saturated rings. The summed E-state index contributed by atoms with van der Waals surface area (Å²) in [5.41, 5.74) is 2.21. The Morgan fingerprint density at radius 1 is 1.22 bits per heavy atom. The number of phenolic OH excluding ortho intramolecular Hbond substituents is 1. The predicted molar refractivity (Wildman–Crippen MR) is 120 cm³/mol. The molecule has 2 unspecified atom stereocenters. The molecular weight excluding hydrogens is 409 g/mol. The van der Waals surface area contributed by atoms with Gasteiger partial charge in [-0.05, 0) is 32.0 Å². The summed E-state index contributed by atoms with van der Waals surface area (Å²) in [4.78, 5) is 11.3. The molecule has 5 rings (SSSR count). The molecule has 1 aliphatic rings. The largest absolute Gasteiger partial charge is 0.504 e. The Balaban J connectivity index is 1.63. The first-order chi connectivity index (χ1) is 15.3. The minimum absolute atomic E-state index is 0.0808. The molecule has 1 aliphatic heterocycles. The molecule has 1 aromatic carbocycles. The molecule has 1 saturated heterocycles. The zero-order chi connectivity index (χ0) is 22.6. The molecule has 0 aliphatic carbocycles. The molecule has 2 N–H and O–H groups in total.